The minimum absolute atomic E-state index is 0.678. The van der Waals surface area contributed by atoms with Gasteiger partial charge in [0.15, 0.2) is 0 Å². The molecule has 0 unspecified atom stereocenters. The summed E-state index contributed by atoms with van der Waals surface area (Å²) in [7, 11) is 1.65. The summed E-state index contributed by atoms with van der Waals surface area (Å²) in [6, 6.07) is 12.9. The van der Waals surface area contributed by atoms with E-state index in [-0.39, 0.29) is 0 Å². The molecule has 4 heteroatoms. The lowest BCUT2D eigenvalue weighted by molar-refractivity contribution is 0.122. The van der Waals surface area contributed by atoms with E-state index in [1.165, 1.54) is 16.7 Å². The fourth-order valence-corrected chi connectivity index (χ4v) is 3.06. The monoisotopic (exact) mass is 311 g/mol. The van der Waals surface area contributed by atoms with Crippen LogP contribution in [0.1, 0.15) is 16.7 Å². The summed E-state index contributed by atoms with van der Waals surface area (Å²) in [6.45, 7) is 8.64. The van der Waals surface area contributed by atoms with E-state index in [0.29, 0.717) is 5.88 Å². The summed E-state index contributed by atoms with van der Waals surface area (Å²) >= 11 is 0. The van der Waals surface area contributed by atoms with Gasteiger partial charge in [-0.1, -0.05) is 35.9 Å². The van der Waals surface area contributed by atoms with Gasteiger partial charge in [0.25, 0.3) is 0 Å². The predicted molar refractivity (Wildman–Crippen MR) is 92.5 cm³/mol. The first-order valence-electron chi connectivity index (χ1n) is 8.22. The van der Waals surface area contributed by atoms with Crippen LogP contribution >= 0.6 is 0 Å². The minimum atomic E-state index is 0.678. The summed E-state index contributed by atoms with van der Waals surface area (Å²) < 4.78 is 5.11. The second-order valence-electron chi connectivity index (χ2n) is 6.25. The van der Waals surface area contributed by atoms with E-state index < -0.39 is 0 Å². The Morgan fingerprint density at radius 1 is 0.957 bits per heavy atom. The van der Waals surface area contributed by atoms with E-state index >= 15 is 0 Å². The lowest BCUT2D eigenvalue weighted by Crippen LogP contribution is -2.45. The maximum Gasteiger partial charge on any atom is 0.212 e. The van der Waals surface area contributed by atoms with Gasteiger partial charge in [0, 0.05) is 51.5 Å². The van der Waals surface area contributed by atoms with Crippen LogP contribution < -0.4 is 4.74 Å². The van der Waals surface area contributed by atoms with Crippen LogP contribution in [0.3, 0.4) is 0 Å². The average molecular weight is 311 g/mol. The molecule has 0 amide bonds. The second kappa shape index (κ2) is 7.57. The molecular weight excluding hydrogens is 286 g/mol. The fraction of sp³-hybridized carbons (Fsp3) is 0.421. The Bertz CT molecular complexity index is 619. The molecule has 122 valence electrons. The van der Waals surface area contributed by atoms with Crippen LogP contribution in [0.5, 0.6) is 5.88 Å². The normalized spacial score (nSPS) is 16.4. The Hall–Kier alpha value is -1.91. The molecule has 23 heavy (non-hydrogen) atoms. The van der Waals surface area contributed by atoms with Gasteiger partial charge in [-0.05, 0) is 18.1 Å². The summed E-state index contributed by atoms with van der Waals surface area (Å²) in [4.78, 5) is 9.32. The van der Waals surface area contributed by atoms with Crippen molar-refractivity contribution in [2.45, 2.75) is 20.0 Å². The van der Waals surface area contributed by atoms with Crippen LogP contribution in [-0.4, -0.2) is 48.1 Å². The van der Waals surface area contributed by atoms with Crippen LogP contribution in [-0.2, 0) is 13.1 Å². The van der Waals surface area contributed by atoms with Crippen LogP contribution in [0.25, 0.3) is 0 Å². The average Bonchev–Trinajstić information content (AvgIpc) is 2.57. The van der Waals surface area contributed by atoms with Gasteiger partial charge < -0.3 is 4.74 Å². The highest BCUT2D eigenvalue weighted by Crippen LogP contribution is 2.13. The van der Waals surface area contributed by atoms with E-state index in [4.69, 9.17) is 4.74 Å². The van der Waals surface area contributed by atoms with Gasteiger partial charge in [-0.3, -0.25) is 9.80 Å². The van der Waals surface area contributed by atoms with Crippen LogP contribution in [0.2, 0.25) is 0 Å². The third-order valence-corrected chi connectivity index (χ3v) is 4.37. The Kier molecular flexibility index (Phi) is 5.26. The van der Waals surface area contributed by atoms with Crippen molar-refractivity contribution in [1.82, 2.24) is 14.8 Å². The van der Waals surface area contributed by atoms with Gasteiger partial charge in [0.05, 0.1) is 7.11 Å². The van der Waals surface area contributed by atoms with Gasteiger partial charge in [-0.15, -0.1) is 0 Å². The van der Waals surface area contributed by atoms with Gasteiger partial charge >= 0.3 is 0 Å². The first-order chi connectivity index (χ1) is 11.2. The van der Waals surface area contributed by atoms with Crippen molar-refractivity contribution in [3.63, 3.8) is 0 Å². The zero-order valence-electron chi connectivity index (χ0n) is 14.0. The van der Waals surface area contributed by atoms with Crippen LogP contribution in [0.15, 0.2) is 42.6 Å². The molecule has 1 saturated heterocycles. The van der Waals surface area contributed by atoms with Crippen molar-refractivity contribution in [2.75, 3.05) is 33.3 Å². The van der Waals surface area contributed by atoms with Crippen molar-refractivity contribution in [2.24, 2.45) is 0 Å². The molecule has 0 radical (unpaired) electrons. The van der Waals surface area contributed by atoms with E-state index in [2.05, 4.69) is 52.0 Å². The van der Waals surface area contributed by atoms with E-state index in [1.54, 1.807) is 7.11 Å². The van der Waals surface area contributed by atoms with Crippen molar-refractivity contribution < 1.29 is 4.74 Å². The SMILES string of the molecule is COc1ccc(CN2CCN(Cc3cccc(C)c3)CC2)cn1. The second-order valence-corrected chi connectivity index (χ2v) is 6.25. The maximum atomic E-state index is 5.11. The Labute approximate surface area is 138 Å². The van der Waals surface area contributed by atoms with Gasteiger partial charge in [-0.2, -0.15) is 0 Å². The Morgan fingerprint density at radius 3 is 2.22 bits per heavy atom. The molecule has 0 N–H and O–H groups in total. The lowest BCUT2D eigenvalue weighted by Gasteiger charge is -2.34. The molecule has 0 aliphatic carbocycles. The highest BCUT2D eigenvalue weighted by Gasteiger charge is 2.17. The standard InChI is InChI=1S/C19H25N3O/c1-16-4-3-5-17(12-16)14-21-8-10-22(11-9-21)15-18-6-7-19(23-2)20-13-18/h3-7,12-13H,8-11,14-15H2,1-2H3. The first-order valence-corrected chi connectivity index (χ1v) is 8.22. The smallest absolute Gasteiger partial charge is 0.212 e. The number of hydrogen-bond acceptors (Lipinski definition) is 4. The number of nitrogens with zero attached hydrogens (tertiary/aromatic N) is 3. The number of aromatic nitrogens is 1. The molecular formula is C19H25N3O. The number of piperazine rings is 1. The lowest BCUT2D eigenvalue weighted by atomic mass is 10.1. The summed E-state index contributed by atoms with van der Waals surface area (Å²) in [5, 5.41) is 0. The Balaban J connectivity index is 1.48. The van der Waals surface area contributed by atoms with Crippen LogP contribution in [0, 0.1) is 6.92 Å². The molecule has 0 atom stereocenters. The molecule has 0 spiro atoms. The van der Waals surface area contributed by atoms with E-state index in [9.17, 15) is 0 Å². The number of hydrogen-bond donors (Lipinski definition) is 0. The number of methoxy groups -OCH3 is 1. The molecule has 1 aromatic heterocycles. The number of aryl methyl sites for hydroxylation is 1. The highest BCUT2D eigenvalue weighted by atomic mass is 16.5. The Morgan fingerprint density at radius 2 is 1.65 bits per heavy atom. The number of pyridine rings is 1. The number of benzene rings is 1. The van der Waals surface area contributed by atoms with Crippen LogP contribution in [0.4, 0.5) is 0 Å². The van der Waals surface area contributed by atoms with Crippen molar-refractivity contribution in [1.29, 1.82) is 0 Å². The molecule has 1 aliphatic rings. The molecule has 2 aromatic rings. The summed E-state index contributed by atoms with van der Waals surface area (Å²) in [5.74, 6) is 0.678. The minimum Gasteiger partial charge on any atom is -0.481 e. The van der Waals surface area contributed by atoms with Gasteiger partial charge in [0.1, 0.15) is 0 Å². The topological polar surface area (TPSA) is 28.6 Å². The van der Waals surface area contributed by atoms with Crippen molar-refractivity contribution in [3.8, 4) is 5.88 Å². The molecule has 2 heterocycles. The van der Waals surface area contributed by atoms with Gasteiger partial charge in [-0.25, -0.2) is 4.98 Å². The first kappa shape index (κ1) is 16.0. The molecule has 4 nitrogen and oxygen atoms in total. The highest BCUT2D eigenvalue weighted by molar-refractivity contribution is 5.22. The molecule has 0 saturated carbocycles. The van der Waals surface area contributed by atoms with Gasteiger partial charge in [0.2, 0.25) is 5.88 Å². The quantitative estimate of drug-likeness (QED) is 0.849. The van der Waals surface area contributed by atoms with Crippen molar-refractivity contribution in [3.05, 3.63) is 59.3 Å². The third kappa shape index (κ3) is 4.53. The zero-order chi connectivity index (χ0) is 16.1. The third-order valence-electron chi connectivity index (χ3n) is 4.37. The maximum absolute atomic E-state index is 5.11. The van der Waals surface area contributed by atoms with E-state index in [1.807, 2.05) is 12.3 Å². The zero-order valence-corrected chi connectivity index (χ0v) is 14.0. The summed E-state index contributed by atoms with van der Waals surface area (Å²) in [5.41, 5.74) is 4.00. The number of rotatable bonds is 5. The molecule has 1 aromatic carbocycles. The predicted octanol–water partition coefficient (Wildman–Crippen LogP) is 2.72. The number of ether oxygens (including phenoxy) is 1. The fourth-order valence-electron chi connectivity index (χ4n) is 3.06. The largest absolute Gasteiger partial charge is 0.481 e. The van der Waals surface area contributed by atoms with Crippen molar-refractivity contribution >= 4 is 0 Å². The molecule has 1 fully saturated rings. The van der Waals surface area contributed by atoms with E-state index in [0.717, 1.165) is 39.3 Å². The molecule has 1 aliphatic heterocycles. The molecule has 3 rings (SSSR count). The summed E-state index contributed by atoms with van der Waals surface area (Å²) in [6.07, 6.45) is 1.91. The molecule has 0 bridgehead atoms.